The molecule has 0 fully saturated rings. The van der Waals surface area contributed by atoms with E-state index in [1.54, 1.807) is 13.2 Å². The van der Waals surface area contributed by atoms with Crippen molar-refractivity contribution in [1.29, 1.82) is 0 Å². The van der Waals surface area contributed by atoms with Gasteiger partial charge < -0.3 is 10.1 Å². The summed E-state index contributed by atoms with van der Waals surface area (Å²) >= 11 is 3.34. The lowest BCUT2D eigenvalue weighted by Crippen LogP contribution is -2.30. The van der Waals surface area contributed by atoms with Crippen molar-refractivity contribution in [2.24, 2.45) is 0 Å². The first-order chi connectivity index (χ1) is 7.06. The summed E-state index contributed by atoms with van der Waals surface area (Å²) in [7, 11) is 1.55. The lowest BCUT2D eigenvalue weighted by Gasteiger charge is -2.12. The van der Waals surface area contributed by atoms with Crippen molar-refractivity contribution < 1.29 is 9.53 Å². The molecule has 0 saturated heterocycles. The van der Waals surface area contributed by atoms with Gasteiger partial charge in [-0.15, -0.1) is 0 Å². The number of benzene rings is 1. The molecule has 1 aromatic carbocycles. The Morgan fingerprint density at radius 1 is 1.47 bits per heavy atom. The maximum Gasteiger partial charge on any atom is 0.256 e. The van der Waals surface area contributed by atoms with Crippen LogP contribution in [0.4, 0.5) is 0 Å². The topological polar surface area (TPSA) is 38.3 Å². The largest absolute Gasteiger partial charge is 0.496 e. The van der Waals surface area contributed by atoms with Crippen LogP contribution < -0.4 is 10.1 Å². The summed E-state index contributed by atoms with van der Waals surface area (Å²) in [4.78, 5) is 11.8. The molecule has 0 saturated carbocycles. The first-order valence-electron chi connectivity index (χ1n) is 4.69. The van der Waals surface area contributed by atoms with Crippen LogP contribution in [0.25, 0.3) is 0 Å². The van der Waals surface area contributed by atoms with E-state index in [-0.39, 0.29) is 11.9 Å². The van der Waals surface area contributed by atoms with Gasteiger partial charge in [0.05, 0.1) is 12.7 Å². The van der Waals surface area contributed by atoms with Crippen LogP contribution in [-0.4, -0.2) is 19.1 Å². The van der Waals surface area contributed by atoms with E-state index in [9.17, 15) is 4.79 Å². The van der Waals surface area contributed by atoms with E-state index in [1.165, 1.54) is 0 Å². The van der Waals surface area contributed by atoms with Gasteiger partial charge in [0.15, 0.2) is 0 Å². The number of amides is 1. The lowest BCUT2D eigenvalue weighted by atomic mass is 10.2. The summed E-state index contributed by atoms with van der Waals surface area (Å²) in [6.45, 7) is 3.84. The molecule has 1 aromatic rings. The SMILES string of the molecule is COc1cccc(Br)c1C(=O)NC(C)C. The van der Waals surface area contributed by atoms with Gasteiger partial charge in [-0.3, -0.25) is 4.79 Å². The molecular weight excluding hydrogens is 258 g/mol. The van der Waals surface area contributed by atoms with Crippen molar-refractivity contribution in [3.63, 3.8) is 0 Å². The monoisotopic (exact) mass is 271 g/mol. The van der Waals surface area contributed by atoms with Gasteiger partial charge in [-0.25, -0.2) is 0 Å². The van der Waals surface area contributed by atoms with Crippen molar-refractivity contribution in [1.82, 2.24) is 5.32 Å². The molecular formula is C11H14BrNO2. The minimum atomic E-state index is -0.130. The minimum absolute atomic E-state index is 0.106. The summed E-state index contributed by atoms with van der Waals surface area (Å²) in [5.74, 6) is 0.442. The number of hydrogen-bond acceptors (Lipinski definition) is 2. The highest BCUT2D eigenvalue weighted by molar-refractivity contribution is 9.10. The number of rotatable bonds is 3. The number of carbonyl (C=O) groups excluding carboxylic acids is 1. The Balaban J connectivity index is 3.06. The van der Waals surface area contributed by atoms with Crippen LogP contribution in [0.15, 0.2) is 22.7 Å². The highest BCUT2D eigenvalue weighted by Crippen LogP contribution is 2.26. The highest BCUT2D eigenvalue weighted by Gasteiger charge is 2.16. The molecule has 4 heteroatoms. The van der Waals surface area contributed by atoms with Gasteiger partial charge in [0.25, 0.3) is 5.91 Å². The van der Waals surface area contributed by atoms with Crippen LogP contribution in [0.5, 0.6) is 5.75 Å². The van der Waals surface area contributed by atoms with Crippen LogP contribution in [0.1, 0.15) is 24.2 Å². The molecule has 0 aliphatic carbocycles. The zero-order valence-electron chi connectivity index (χ0n) is 9.00. The number of methoxy groups -OCH3 is 1. The predicted octanol–water partition coefficient (Wildman–Crippen LogP) is 2.60. The average molecular weight is 272 g/mol. The standard InChI is InChI=1S/C11H14BrNO2/c1-7(2)13-11(14)10-8(12)5-4-6-9(10)15-3/h4-7H,1-3H3,(H,13,14). The molecule has 0 aliphatic heterocycles. The van der Waals surface area contributed by atoms with E-state index in [0.29, 0.717) is 11.3 Å². The molecule has 15 heavy (non-hydrogen) atoms. The molecule has 0 aromatic heterocycles. The second-order valence-electron chi connectivity index (χ2n) is 3.45. The van der Waals surface area contributed by atoms with Crippen LogP contribution >= 0.6 is 15.9 Å². The van der Waals surface area contributed by atoms with Crippen molar-refractivity contribution in [3.05, 3.63) is 28.2 Å². The number of halogens is 1. The van der Waals surface area contributed by atoms with Gasteiger partial charge in [0.2, 0.25) is 0 Å². The molecule has 1 rings (SSSR count). The first-order valence-corrected chi connectivity index (χ1v) is 5.49. The van der Waals surface area contributed by atoms with E-state index < -0.39 is 0 Å². The maximum atomic E-state index is 11.8. The van der Waals surface area contributed by atoms with Gasteiger partial charge in [0, 0.05) is 10.5 Å². The van der Waals surface area contributed by atoms with Crippen molar-refractivity contribution in [2.75, 3.05) is 7.11 Å². The number of ether oxygens (including phenoxy) is 1. The molecule has 0 heterocycles. The molecule has 0 spiro atoms. The summed E-state index contributed by atoms with van der Waals surface area (Å²) in [6.07, 6.45) is 0. The summed E-state index contributed by atoms with van der Waals surface area (Å²) < 4.78 is 5.87. The quantitative estimate of drug-likeness (QED) is 0.918. The summed E-state index contributed by atoms with van der Waals surface area (Å²) in [6, 6.07) is 5.52. The van der Waals surface area contributed by atoms with E-state index >= 15 is 0 Å². The predicted molar refractivity (Wildman–Crippen MR) is 63.3 cm³/mol. The normalized spacial score (nSPS) is 10.2. The fourth-order valence-electron chi connectivity index (χ4n) is 1.23. The third kappa shape index (κ3) is 2.96. The third-order valence-corrected chi connectivity index (χ3v) is 2.50. The molecule has 0 unspecified atom stereocenters. The number of nitrogens with one attached hydrogen (secondary N) is 1. The zero-order valence-corrected chi connectivity index (χ0v) is 10.6. The Bertz CT molecular complexity index is 364. The Morgan fingerprint density at radius 2 is 2.13 bits per heavy atom. The first kappa shape index (κ1) is 12.0. The molecule has 0 radical (unpaired) electrons. The maximum absolute atomic E-state index is 11.8. The van der Waals surface area contributed by atoms with Gasteiger partial charge in [-0.1, -0.05) is 6.07 Å². The van der Waals surface area contributed by atoms with Gasteiger partial charge in [-0.05, 0) is 41.9 Å². The van der Waals surface area contributed by atoms with E-state index in [2.05, 4.69) is 21.2 Å². The Hall–Kier alpha value is -1.03. The third-order valence-electron chi connectivity index (χ3n) is 1.84. The van der Waals surface area contributed by atoms with E-state index in [1.807, 2.05) is 26.0 Å². The van der Waals surface area contributed by atoms with E-state index in [0.717, 1.165) is 4.47 Å². The Labute approximate surface area is 97.9 Å². The molecule has 3 nitrogen and oxygen atoms in total. The summed E-state index contributed by atoms with van der Waals surface area (Å²) in [5, 5.41) is 2.83. The van der Waals surface area contributed by atoms with Gasteiger partial charge >= 0.3 is 0 Å². The molecule has 82 valence electrons. The summed E-state index contributed by atoms with van der Waals surface area (Å²) in [5.41, 5.74) is 0.536. The van der Waals surface area contributed by atoms with Crippen molar-refractivity contribution >= 4 is 21.8 Å². The molecule has 0 aliphatic rings. The number of hydrogen-bond donors (Lipinski definition) is 1. The van der Waals surface area contributed by atoms with Crippen molar-refractivity contribution in [2.45, 2.75) is 19.9 Å². The highest BCUT2D eigenvalue weighted by atomic mass is 79.9. The van der Waals surface area contributed by atoms with Crippen molar-refractivity contribution in [3.8, 4) is 5.75 Å². The van der Waals surface area contributed by atoms with E-state index in [4.69, 9.17) is 4.74 Å². The van der Waals surface area contributed by atoms with Gasteiger partial charge in [-0.2, -0.15) is 0 Å². The fraction of sp³-hybridized carbons (Fsp3) is 0.364. The minimum Gasteiger partial charge on any atom is -0.496 e. The second-order valence-corrected chi connectivity index (χ2v) is 4.30. The molecule has 1 N–H and O–H groups in total. The Kier molecular flexibility index (Phi) is 4.15. The van der Waals surface area contributed by atoms with Crippen LogP contribution in [-0.2, 0) is 0 Å². The average Bonchev–Trinajstić information content (AvgIpc) is 2.15. The van der Waals surface area contributed by atoms with Crippen LogP contribution in [0, 0.1) is 0 Å². The fourth-order valence-corrected chi connectivity index (χ4v) is 1.76. The van der Waals surface area contributed by atoms with Gasteiger partial charge in [0.1, 0.15) is 5.75 Å². The number of carbonyl (C=O) groups is 1. The Morgan fingerprint density at radius 3 is 2.67 bits per heavy atom. The lowest BCUT2D eigenvalue weighted by molar-refractivity contribution is 0.0939. The molecule has 0 bridgehead atoms. The van der Waals surface area contributed by atoms with Crippen LogP contribution in [0.3, 0.4) is 0 Å². The molecule has 0 atom stereocenters. The zero-order chi connectivity index (χ0) is 11.4. The molecule has 1 amide bonds. The second kappa shape index (κ2) is 5.16. The smallest absolute Gasteiger partial charge is 0.256 e. The van der Waals surface area contributed by atoms with Crippen LogP contribution in [0.2, 0.25) is 0 Å².